The molecular formula is C20H27NO6. The Hall–Kier alpha value is -2.57. The van der Waals surface area contributed by atoms with E-state index in [4.69, 9.17) is 14.2 Å². The molecule has 0 aromatic heterocycles. The van der Waals surface area contributed by atoms with Gasteiger partial charge in [-0.05, 0) is 64.8 Å². The molecular weight excluding hydrogens is 350 g/mol. The molecule has 7 heteroatoms. The van der Waals surface area contributed by atoms with Gasteiger partial charge in [0, 0.05) is 12.1 Å². The van der Waals surface area contributed by atoms with Crippen LogP contribution in [0.1, 0.15) is 50.9 Å². The van der Waals surface area contributed by atoms with Gasteiger partial charge in [0.2, 0.25) is 5.78 Å². The molecule has 0 aliphatic carbocycles. The number of carbonyl (C=O) groups is 3. The Kier molecular flexibility index (Phi) is 6.46. The second-order valence-electron chi connectivity index (χ2n) is 7.50. The van der Waals surface area contributed by atoms with Gasteiger partial charge in [-0.1, -0.05) is 0 Å². The highest BCUT2D eigenvalue weighted by Gasteiger charge is 2.38. The van der Waals surface area contributed by atoms with E-state index in [1.54, 1.807) is 52.1 Å². The average molecular weight is 377 g/mol. The second kappa shape index (κ2) is 8.41. The summed E-state index contributed by atoms with van der Waals surface area (Å²) in [4.78, 5) is 38.7. The molecule has 148 valence electrons. The maximum atomic E-state index is 12.5. The topological polar surface area (TPSA) is 82.1 Å². The number of amides is 1. The lowest BCUT2D eigenvalue weighted by atomic mass is 10.1. The number of benzene rings is 1. The first-order valence-electron chi connectivity index (χ1n) is 9.01. The monoisotopic (exact) mass is 377 g/mol. The summed E-state index contributed by atoms with van der Waals surface area (Å²) in [5, 5.41) is 0. The summed E-state index contributed by atoms with van der Waals surface area (Å²) in [6.07, 6.45) is -0.329. The number of Topliss-reactive ketones (excluding diaryl/α,β-unsaturated/α-hetero) is 1. The number of rotatable bonds is 5. The van der Waals surface area contributed by atoms with Crippen LogP contribution in [0.15, 0.2) is 24.3 Å². The summed E-state index contributed by atoms with van der Waals surface area (Å²) in [6.45, 7) is 7.25. The van der Waals surface area contributed by atoms with Gasteiger partial charge in [0.25, 0.3) is 0 Å². The fourth-order valence-electron chi connectivity index (χ4n) is 2.85. The second-order valence-corrected chi connectivity index (χ2v) is 7.50. The third kappa shape index (κ3) is 5.45. The highest BCUT2D eigenvalue weighted by molar-refractivity contribution is 6.00. The van der Waals surface area contributed by atoms with Crippen LogP contribution in [0, 0.1) is 0 Å². The van der Waals surface area contributed by atoms with E-state index in [1.165, 1.54) is 11.8 Å². The molecule has 0 spiro atoms. The smallest absolute Gasteiger partial charge is 0.411 e. The Morgan fingerprint density at radius 2 is 1.78 bits per heavy atom. The first-order valence-corrected chi connectivity index (χ1v) is 9.01. The van der Waals surface area contributed by atoms with E-state index in [2.05, 4.69) is 0 Å². The van der Waals surface area contributed by atoms with Crippen LogP contribution in [-0.2, 0) is 14.3 Å². The number of hydrogen-bond acceptors (Lipinski definition) is 6. The van der Waals surface area contributed by atoms with Gasteiger partial charge in [0.15, 0.2) is 6.10 Å². The maximum absolute atomic E-state index is 12.5. The molecule has 0 N–H and O–H groups in total. The minimum atomic E-state index is -0.952. The Labute approximate surface area is 159 Å². The van der Waals surface area contributed by atoms with Crippen LogP contribution in [0.25, 0.3) is 0 Å². The number of methoxy groups -OCH3 is 1. The molecule has 2 rings (SSSR count). The normalized spacial score (nSPS) is 18.0. The largest absolute Gasteiger partial charge is 0.497 e. The van der Waals surface area contributed by atoms with Crippen molar-refractivity contribution in [3.63, 3.8) is 0 Å². The predicted molar refractivity (Wildman–Crippen MR) is 98.8 cm³/mol. The number of esters is 1. The van der Waals surface area contributed by atoms with Crippen molar-refractivity contribution in [2.75, 3.05) is 13.7 Å². The van der Waals surface area contributed by atoms with Gasteiger partial charge >= 0.3 is 12.1 Å². The Morgan fingerprint density at radius 1 is 1.15 bits per heavy atom. The number of nitrogens with zero attached hydrogens (tertiary/aromatic N) is 1. The molecule has 27 heavy (non-hydrogen) atoms. The van der Waals surface area contributed by atoms with E-state index in [0.29, 0.717) is 30.7 Å². The highest BCUT2D eigenvalue weighted by Crippen LogP contribution is 2.23. The van der Waals surface area contributed by atoms with Gasteiger partial charge in [-0.15, -0.1) is 0 Å². The van der Waals surface area contributed by atoms with Crippen LogP contribution in [0.2, 0.25) is 0 Å². The van der Waals surface area contributed by atoms with E-state index in [0.717, 1.165) is 0 Å². The number of ether oxygens (including phenoxy) is 3. The molecule has 1 aliphatic rings. The first-order chi connectivity index (χ1) is 12.6. The zero-order valence-electron chi connectivity index (χ0n) is 16.5. The molecule has 1 heterocycles. The standard InChI is InChI=1S/C20H27NO6/c1-13(17(22)14-8-10-15(25-5)11-9-14)26-18(23)16-7-6-12-21(16)19(24)27-20(2,3)4/h8-11,13,16H,6-7,12H2,1-5H3/t13-,16-/m1/s1. The Morgan fingerprint density at radius 3 is 2.33 bits per heavy atom. The van der Waals surface area contributed by atoms with Crippen LogP contribution in [0.5, 0.6) is 5.75 Å². The third-order valence-electron chi connectivity index (χ3n) is 4.19. The van der Waals surface area contributed by atoms with E-state index in [-0.39, 0.29) is 5.78 Å². The summed E-state index contributed by atoms with van der Waals surface area (Å²) < 4.78 is 15.8. The van der Waals surface area contributed by atoms with Gasteiger partial charge in [-0.3, -0.25) is 9.69 Å². The summed E-state index contributed by atoms with van der Waals surface area (Å²) in [5.41, 5.74) is -0.224. The van der Waals surface area contributed by atoms with Gasteiger partial charge in [0.1, 0.15) is 17.4 Å². The fraction of sp³-hybridized carbons (Fsp3) is 0.550. The number of likely N-dealkylation sites (tertiary alicyclic amines) is 1. The predicted octanol–water partition coefficient (Wildman–Crippen LogP) is 3.21. The highest BCUT2D eigenvalue weighted by atomic mass is 16.6. The maximum Gasteiger partial charge on any atom is 0.411 e. The summed E-state index contributed by atoms with van der Waals surface area (Å²) in [7, 11) is 1.54. The lowest BCUT2D eigenvalue weighted by Gasteiger charge is -2.28. The van der Waals surface area contributed by atoms with Crippen molar-refractivity contribution in [3.05, 3.63) is 29.8 Å². The van der Waals surface area contributed by atoms with Crippen molar-refractivity contribution >= 4 is 17.8 Å². The molecule has 1 fully saturated rings. The molecule has 0 radical (unpaired) electrons. The Balaban J connectivity index is 1.99. The van der Waals surface area contributed by atoms with Crippen molar-refractivity contribution in [1.82, 2.24) is 4.90 Å². The zero-order chi connectivity index (χ0) is 20.2. The first kappa shape index (κ1) is 20.7. The molecule has 1 amide bonds. The molecule has 2 atom stereocenters. The van der Waals surface area contributed by atoms with Crippen LogP contribution < -0.4 is 4.74 Å². The molecule has 1 saturated heterocycles. The van der Waals surface area contributed by atoms with Crippen LogP contribution in [0.3, 0.4) is 0 Å². The van der Waals surface area contributed by atoms with Crippen molar-refractivity contribution in [1.29, 1.82) is 0 Å². The van der Waals surface area contributed by atoms with Crippen LogP contribution >= 0.6 is 0 Å². The quantitative estimate of drug-likeness (QED) is 0.579. The molecule has 7 nitrogen and oxygen atoms in total. The molecule has 0 bridgehead atoms. The molecule has 0 saturated carbocycles. The number of carbonyl (C=O) groups excluding carboxylic acids is 3. The molecule has 0 unspecified atom stereocenters. The molecule has 1 aromatic carbocycles. The lowest BCUT2D eigenvalue weighted by molar-refractivity contribution is -0.151. The van der Waals surface area contributed by atoms with Crippen LogP contribution in [-0.4, -0.2) is 54.1 Å². The Bertz CT molecular complexity index is 691. The minimum absolute atomic E-state index is 0.312. The van der Waals surface area contributed by atoms with Crippen molar-refractivity contribution in [2.45, 2.75) is 58.3 Å². The third-order valence-corrected chi connectivity index (χ3v) is 4.19. The minimum Gasteiger partial charge on any atom is -0.497 e. The fourth-order valence-corrected chi connectivity index (χ4v) is 2.85. The van der Waals surface area contributed by atoms with Gasteiger partial charge in [-0.25, -0.2) is 9.59 Å². The molecule has 1 aromatic rings. The number of ketones is 1. The van der Waals surface area contributed by atoms with Gasteiger partial charge in [0.05, 0.1) is 7.11 Å². The van der Waals surface area contributed by atoms with E-state index >= 15 is 0 Å². The van der Waals surface area contributed by atoms with E-state index in [9.17, 15) is 14.4 Å². The summed E-state index contributed by atoms with van der Waals surface area (Å²) >= 11 is 0. The van der Waals surface area contributed by atoms with E-state index in [1.807, 2.05) is 0 Å². The van der Waals surface area contributed by atoms with Crippen LogP contribution in [0.4, 0.5) is 4.79 Å². The molecule has 1 aliphatic heterocycles. The summed E-state index contributed by atoms with van der Waals surface area (Å²) in [6, 6.07) is 5.85. The van der Waals surface area contributed by atoms with Crippen molar-refractivity contribution in [2.24, 2.45) is 0 Å². The SMILES string of the molecule is COc1ccc(C(=O)[C@@H](C)OC(=O)[C@H]2CCCN2C(=O)OC(C)(C)C)cc1. The number of hydrogen-bond donors (Lipinski definition) is 0. The average Bonchev–Trinajstić information content (AvgIpc) is 3.09. The van der Waals surface area contributed by atoms with Crippen molar-refractivity contribution in [3.8, 4) is 5.75 Å². The van der Waals surface area contributed by atoms with Gasteiger partial charge in [-0.2, -0.15) is 0 Å². The zero-order valence-corrected chi connectivity index (χ0v) is 16.5. The van der Waals surface area contributed by atoms with Crippen molar-refractivity contribution < 1.29 is 28.6 Å². The lowest BCUT2D eigenvalue weighted by Crippen LogP contribution is -2.45. The van der Waals surface area contributed by atoms with Gasteiger partial charge < -0.3 is 14.2 Å². The summed E-state index contributed by atoms with van der Waals surface area (Å²) in [5.74, 6) is -0.268. The van der Waals surface area contributed by atoms with E-state index < -0.39 is 29.8 Å².